The number of hydrogen-bond donors (Lipinski definition) is 1. The van der Waals surface area contributed by atoms with Crippen LogP contribution in [0.25, 0.3) is 0 Å². The Morgan fingerprint density at radius 3 is 2.47 bits per heavy atom. The van der Waals surface area contributed by atoms with Crippen LogP contribution in [0.3, 0.4) is 0 Å². The first-order valence-electron chi connectivity index (χ1n) is 12.7. The van der Waals surface area contributed by atoms with Crippen LogP contribution in [0.15, 0.2) is 11.6 Å². The number of aliphatic hydroxyl groups excluding tert-OH is 1. The van der Waals surface area contributed by atoms with Gasteiger partial charge in [-0.1, -0.05) is 46.3 Å². The average Bonchev–Trinajstić information content (AvgIpc) is 3.39. The van der Waals surface area contributed by atoms with Crippen LogP contribution in [-0.2, 0) is 9.53 Å². The van der Waals surface area contributed by atoms with Gasteiger partial charge in [0.25, 0.3) is 0 Å². The molecule has 1 heterocycles. The molecule has 7 aliphatic rings. The van der Waals surface area contributed by atoms with Gasteiger partial charge in [-0.25, -0.2) is 0 Å². The Bertz CT molecular complexity index is 908. The van der Waals surface area contributed by atoms with E-state index in [1.807, 2.05) is 0 Å². The predicted octanol–water partition coefficient (Wildman–Crippen LogP) is 5.12. The summed E-state index contributed by atoms with van der Waals surface area (Å²) in [4.78, 5) is 12.4. The fraction of sp³-hybridized carbons (Fsp3) is 0.889. The molecule has 1 N–H and O–H groups in total. The molecule has 5 saturated carbocycles. The molecule has 12 atom stereocenters. The second-order valence-electron chi connectivity index (χ2n) is 13.5. The number of allylic oxidation sites excluding steroid dienone is 1. The van der Waals surface area contributed by atoms with Crippen LogP contribution < -0.4 is 0 Å². The minimum atomic E-state index is -0.249. The molecule has 6 fully saturated rings. The first-order chi connectivity index (χ1) is 14.0. The van der Waals surface area contributed by atoms with E-state index >= 15 is 0 Å². The minimum Gasteiger partial charge on any atom is -0.458 e. The normalized spacial score (nSPS) is 66.9. The second kappa shape index (κ2) is 4.90. The highest BCUT2D eigenvalue weighted by Gasteiger charge is 2.86. The zero-order valence-electron chi connectivity index (χ0n) is 19.3. The third-order valence-electron chi connectivity index (χ3n) is 12.8. The Morgan fingerprint density at radius 1 is 1.00 bits per heavy atom. The number of carbonyl (C=O) groups excluding carboxylic acids is 1. The lowest BCUT2D eigenvalue weighted by Crippen LogP contribution is -2.60. The maximum Gasteiger partial charge on any atom is 0.306 e. The molecule has 0 aromatic rings. The third-order valence-corrected chi connectivity index (χ3v) is 12.8. The topological polar surface area (TPSA) is 46.5 Å². The highest BCUT2D eigenvalue weighted by molar-refractivity contribution is 5.73. The lowest BCUT2D eigenvalue weighted by atomic mass is 9.41. The van der Waals surface area contributed by atoms with Gasteiger partial charge in [0.2, 0.25) is 0 Å². The van der Waals surface area contributed by atoms with Crippen molar-refractivity contribution in [1.82, 2.24) is 0 Å². The van der Waals surface area contributed by atoms with Gasteiger partial charge < -0.3 is 9.84 Å². The maximum absolute atomic E-state index is 12.4. The van der Waals surface area contributed by atoms with Gasteiger partial charge in [-0.05, 0) is 84.4 Å². The summed E-state index contributed by atoms with van der Waals surface area (Å²) in [5, 5.41) is 10.5. The second-order valence-corrected chi connectivity index (χ2v) is 13.5. The third kappa shape index (κ3) is 1.65. The van der Waals surface area contributed by atoms with Crippen LogP contribution in [0.2, 0.25) is 0 Å². The molecule has 7 rings (SSSR count). The molecule has 6 aliphatic carbocycles. The molecular weight excluding hydrogens is 372 g/mol. The van der Waals surface area contributed by atoms with Crippen molar-refractivity contribution in [2.24, 2.45) is 57.2 Å². The van der Waals surface area contributed by atoms with E-state index in [0.717, 1.165) is 37.0 Å². The fourth-order valence-corrected chi connectivity index (χ4v) is 11.4. The van der Waals surface area contributed by atoms with Crippen molar-refractivity contribution in [3.63, 3.8) is 0 Å². The molecule has 0 bridgehead atoms. The molecule has 0 aromatic carbocycles. The number of ether oxygens (including phenoxy) is 1. The molecule has 3 nitrogen and oxygen atoms in total. The summed E-state index contributed by atoms with van der Waals surface area (Å²) in [6.07, 6.45) is 9.43. The largest absolute Gasteiger partial charge is 0.458 e. The summed E-state index contributed by atoms with van der Waals surface area (Å²) in [6.45, 7) is 12.6. The van der Waals surface area contributed by atoms with Crippen LogP contribution in [0, 0.1) is 57.2 Å². The number of fused-ring (bicyclic) bond motifs is 12. The lowest BCUT2D eigenvalue weighted by molar-refractivity contribution is -0.185. The molecule has 6 unspecified atom stereocenters. The molecule has 164 valence electrons. The van der Waals surface area contributed by atoms with Gasteiger partial charge in [0.1, 0.15) is 5.60 Å². The van der Waals surface area contributed by atoms with Crippen molar-refractivity contribution in [3.05, 3.63) is 11.6 Å². The van der Waals surface area contributed by atoms with Gasteiger partial charge in [-0.3, -0.25) is 4.79 Å². The minimum absolute atomic E-state index is 0.0569. The van der Waals surface area contributed by atoms with Gasteiger partial charge in [0.05, 0.1) is 6.10 Å². The Morgan fingerprint density at radius 2 is 1.77 bits per heavy atom. The molecule has 30 heavy (non-hydrogen) atoms. The van der Waals surface area contributed by atoms with Gasteiger partial charge in [-0.15, -0.1) is 0 Å². The molecule has 3 heteroatoms. The Kier molecular flexibility index (Phi) is 3.05. The fourth-order valence-electron chi connectivity index (χ4n) is 11.4. The number of hydrogen-bond acceptors (Lipinski definition) is 3. The van der Waals surface area contributed by atoms with Gasteiger partial charge in [0, 0.05) is 17.8 Å². The standard InChI is InChI=1S/C27H38O3/c1-14-19-20(14)27(11-8-18(29)30-27)24(3)10-7-16-21(22(19)24)26(5)13-25(26,4)17-12-15(28)6-9-23(16,17)2/h12,14-16,19-22,28H,6-11,13H2,1-5H3/t14-,15?,16?,19+,20-,21?,22?,23+,24-,25?,26?,27-/m0/s1. The van der Waals surface area contributed by atoms with Crippen molar-refractivity contribution in [2.45, 2.75) is 91.3 Å². The van der Waals surface area contributed by atoms with E-state index in [1.165, 1.54) is 19.3 Å². The van der Waals surface area contributed by atoms with Crippen LogP contribution in [-0.4, -0.2) is 22.8 Å². The van der Waals surface area contributed by atoms with Crippen LogP contribution in [0.5, 0.6) is 0 Å². The van der Waals surface area contributed by atoms with E-state index in [-0.39, 0.29) is 33.9 Å². The zero-order valence-corrected chi connectivity index (χ0v) is 19.3. The summed E-state index contributed by atoms with van der Waals surface area (Å²) >= 11 is 0. The summed E-state index contributed by atoms with van der Waals surface area (Å²) in [5.74, 6) is 4.26. The van der Waals surface area contributed by atoms with E-state index in [0.29, 0.717) is 29.6 Å². The maximum atomic E-state index is 12.4. The van der Waals surface area contributed by atoms with Gasteiger partial charge >= 0.3 is 5.97 Å². The summed E-state index contributed by atoms with van der Waals surface area (Å²) in [6, 6.07) is 0. The monoisotopic (exact) mass is 410 g/mol. The Hall–Kier alpha value is -0.830. The number of carbonyl (C=O) groups is 1. The zero-order chi connectivity index (χ0) is 21.1. The summed E-state index contributed by atoms with van der Waals surface area (Å²) in [7, 11) is 0. The first-order valence-corrected chi connectivity index (χ1v) is 12.7. The number of aliphatic hydroxyl groups is 1. The SMILES string of the molecule is C[C@H]1[C@H]2C3C4C(CC[C@]3(C)[C@]3(CCC(=O)O3)[C@@H]12)[C@@]1(C)CCC(O)C=C1C1(C)CC41C. The summed E-state index contributed by atoms with van der Waals surface area (Å²) < 4.78 is 6.36. The lowest BCUT2D eigenvalue weighted by Gasteiger charge is -2.63. The van der Waals surface area contributed by atoms with Crippen molar-refractivity contribution >= 4 is 5.97 Å². The molecule has 1 spiro atoms. The highest BCUT2D eigenvalue weighted by Crippen LogP contribution is 2.89. The molecule has 0 amide bonds. The quantitative estimate of drug-likeness (QED) is 0.445. The smallest absolute Gasteiger partial charge is 0.306 e. The molecule has 1 saturated heterocycles. The van der Waals surface area contributed by atoms with E-state index in [9.17, 15) is 9.90 Å². The van der Waals surface area contributed by atoms with E-state index in [2.05, 4.69) is 40.7 Å². The molecular formula is C27H38O3. The summed E-state index contributed by atoms with van der Waals surface area (Å²) in [5.41, 5.74) is 2.41. The number of esters is 1. The Balaban J connectivity index is 1.39. The van der Waals surface area contributed by atoms with E-state index < -0.39 is 0 Å². The van der Waals surface area contributed by atoms with Crippen LogP contribution in [0.1, 0.15) is 79.6 Å². The van der Waals surface area contributed by atoms with Crippen molar-refractivity contribution in [3.8, 4) is 0 Å². The highest BCUT2D eigenvalue weighted by atomic mass is 16.6. The van der Waals surface area contributed by atoms with Crippen molar-refractivity contribution in [2.75, 3.05) is 0 Å². The van der Waals surface area contributed by atoms with Gasteiger partial charge in [0.15, 0.2) is 0 Å². The molecule has 0 radical (unpaired) electrons. The molecule has 1 aliphatic heterocycles. The predicted molar refractivity (Wildman–Crippen MR) is 114 cm³/mol. The van der Waals surface area contributed by atoms with Crippen LogP contribution in [0.4, 0.5) is 0 Å². The van der Waals surface area contributed by atoms with Crippen LogP contribution >= 0.6 is 0 Å². The van der Waals surface area contributed by atoms with Crippen molar-refractivity contribution < 1.29 is 14.6 Å². The Labute approximate surface area is 181 Å². The number of rotatable bonds is 0. The van der Waals surface area contributed by atoms with Crippen molar-refractivity contribution in [1.29, 1.82) is 0 Å². The van der Waals surface area contributed by atoms with E-state index in [4.69, 9.17) is 4.74 Å². The van der Waals surface area contributed by atoms with Gasteiger partial charge in [-0.2, -0.15) is 0 Å². The average molecular weight is 411 g/mol. The van der Waals surface area contributed by atoms with E-state index in [1.54, 1.807) is 5.57 Å². The first kappa shape index (κ1) is 18.7. The molecule has 0 aromatic heterocycles.